The first-order valence-corrected chi connectivity index (χ1v) is 5.44. The van der Waals surface area contributed by atoms with Crippen LogP contribution in [0.2, 0.25) is 0 Å². The fourth-order valence-corrected chi connectivity index (χ4v) is 2.19. The topological polar surface area (TPSA) is 56.7 Å². The van der Waals surface area contributed by atoms with Crippen molar-refractivity contribution in [1.82, 2.24) is 15.0 Å². The summed E-state index contributed by atoms with van der Waals surface area (Å²) < 4.78 is 2.03. The van der Waals surface area contributed by atoms with E-state index in [1.54, 1.807) is 6.20 Å². The number of aromatic nitrogens is 3. The zero-order valence-corrected chi connectivity index (χ0v) is 8.69. The van der Waals surface area contributed by atoms with Crippen molar-refractivity contribution in [3.05, 3.63) is 11.9 Å². The molecule has 1 aliphatic rings. The van der Waals surface area contributed by atoms with Crippen molar-refractivity contribution in [1.29, 1.82) is 0 Å². The molecule has 4 heteroatoms. The van der Waals surface area contributed by atoms with Gasteiger partial charge >= 0.3 is 0 Å². The fraction of sp³-hybridized carbons (Fsp3) is 0.800. The zero-order valence-electron chi connectivity index (χ0n) is 8.69. The predicted octanol–water partition coefficient (Wildman–Crippen LogP) is 1.80. The quantitative estimate of drug-likeness (QED) is 0.781. The minimum atomic E-state index is 0.0342. The van der Waals surface area contributed by atoms with Gasteiger partial charge in [0, 0.05) is 6.04 Å². The Labute approximate surface area is 84.5 Å². The highest BCUT2D eigenvalue weighted by Crippen LogP contribution is 2.29. The Hall–Kier alpha value is -0.900. The lowest BCUT2D eigenvalue weighted by atomic mass is 9.95. The average Bonchev–Trinajstić information content (AvgIpc) is 2.67. The van der Waals surface area contributed by atoms with Gasteiger partial charge in [-0.2, -0.15) is 0 Å². The van der Waals surface area contributed by atoms with Gasteiger partial charge in [0.15, 0.2) is 0 Å². The van der Waals surface area contributed by atoms with Crippen LogP contribution in [0.1, 0.15) is 56.8 Å². The van der Waals surface area contributed by atoms with E-state index in [0.717, 1.165) is 5.69 Å². The summed E-state index contributed by atoms with van der Waals surface area (Å²) in [5.41, 5.74) is 6.93. The third-order valence-electron chi connectivity index (χ3n) is 2.99. The highest BCUT2D eigenvalue weighted by molar-refractivity contribution is 5.01. The molecule has 1 unspecified atom stereocenters. The summed E-state index contributed by atoms with van der Waals surface area (Å²) in [6.07, 6.45) is 8.22. The third-order valence-corrected chi connectivity index (χ3v) is 2.99. The molecule has 1 aliphatic carbocycles. The second kappa shape index (κ2) is 4.09. The minimum Gasteiger partial charge on any atom is -0.323 e. The number of nitrogens with zero attached hydrogens (tertiary/aromatic N) is 3. The Bertz CT molecular complexity index is 286. The number of rotatable bonds is 2. The van der Waals surface area contributed by atoms with Crippen LogP contribution in [0.5, 0.6) is 0 Å². The van der Waals surface area contributed by atoms with Gasteiger partial charge in [0.25, 0.3) is 0 Å². The highest BCUT2D eigenvalue weighted by atomic mass is 15.4. The van der Waals surface area contributed by atoms with Crippen molar-refractivity contribution in [3.8, 4) is 0 Å². The maximum atomic E-state index is 5.86. The summed E-state index contributed by atoms with van der Waals surface area (Å²) in [4.78, 5) is 0. The van der Waals surface area contributed by atoms with Crippen LogP contribution in [0.25, 0.3) is 0 Å². The second-order valence-electron chi connectivity index (χ2n) is 4.18. The van der Waals surface area contributed by atoms with Crippen LogP contribution < -0.4 is 5.73 Å². The van der Waals surface area contributed by atoms with Crippen molar-refractivity contribution in [2.24, 2.45) is 5.73 Å². The fourth-order valence-electron chi connectivity index (χ4n) is 2.19. The van der Waals surface area contributed by atoms with Crippen LogP contribution >= 0.6 is 0 Å². The van der Waals surface area contributed by atoms with Gasteiger partial charge in [0.2, 0.25) is 0 Å². The van der Waals surface area contributed by atoms with Gasteiger partial charge in [-0.15, -0.1) is 5.10 Å². The Balaban J connectivity index is 2.17. The molecule has 4 nitrogen and oxygen atoms in total. The SMILES string of the molecule is CC(N)c1cnnn1C1CCCCC1. The van der Waals surface area contributed by atoms with Gasteiger partial charge in [0.1, 0.15) is 0 Å². The number of nitrogens with two attached hydrogens (primary N) is 1. The molecule has 1 fully saturated rings. The summed E-state index contributed by atoms with van der Waals surface area (Å²) >= 11 is 0. The van der Waals surface area contributed by atoms with E-state index in [1.807, 2.05) is 11.6 Å². The molecule has 1 aromatic heterocycles. The van der Waals surface area contributed by atoms with Crippen molar-refractivity contribution in [2.75, 3.05) is 0 Å². The van der Waals surface area contributed by atoms with Crippen LogP contribution in [0.15, 0.2) is 6.20 Å². The van der Waals surface area contributed by atoms with Gasteiger partial charge in [-0.3, -0.25) is 0 Å². The van der Waals surface area contributed by atoms with E-state index >= 15 is 0 Å². The number of hydrogen-bond donors (Lipinski definition) is 1. The second-order valence-corrected chi connectivity index (χ2v) is 4.18. The molecule has 1 saturated carbocycles. The van der Waals surface area contributed by atoms with Crippen LogP contribution in [-0.4, -0.2) is 15.0 Å². The zero-order chi connectivity index (χ0) is 9.97. The van der Waals surface area contributed by atoms with Crippen LogP contribution in [-0.2, 0) is 0 Å². The van der Waals surface area contributed by atoms with E-state index in [-0.39, 0.29) is 6.04 Å². The molecule has 0 aliphatic heterocycles. The lowest BCUT2D eigenvalue weighted by molar-refractivity contribution is 0.314. The van der Waals surface area contributed by atoms with Gasteiger partial charge < -0.3 is 5.73 Å². The summed E-state index contributed by atoms with van der Waals surface area (Å²) in [5, 5.41) is 8.10. The standard InChI is InChI=1S/C10H18N4/c1-8(11)10-7-12-13-14(10)9-5-3-2-4-6-9/h7-9H,2-6,11H2,1H3. The molecule has 0 radical (unpaired) electrons. The molecule has 0 amide bonds. The Kier molecular flexibility index (Phi) is 2.82. The van der Waals surface area contributed by atoms with Crippen LogP contribution in [0.4, 0.5) is 0 Å². The monoisotopic (exact) mass is 194 g/mol. The first-order valence-electron chi connectivity index (χ1n) is 5.44. The smallest absolute Gasteiger partial charge is 0.0754 e. The first kappa shape index (κ1) is 9.65. The largest absolute Gasteiger partial charge is 0.323 e. The van der Waals surface area contributed by atoms with E-state index in [2.05, 4.69) is 10.3 Å². The van der Waals surface area contributed by atoms with Gasteiger partial charge in [-0.05, 0) is 19.8 Å². The predicted molar refractivity (Wildman–Crippen MR) is 54.7 cm³/mol. The molecule has 14 heavy (non-hydrogen) atoms. The average molecular weight is 194 g/mol. The molecule has 0 saturated heterocycles. The Morgan fingerprint density at radius 2 is 2.14 bits per heavy atom. The van der Waals surface area contributed by atoms with Crippen LogP contribution in [0, 0.1) is 0 Å². The highest BCUT2D eigenvalue weighted by Gasteiger charge is 2.19. The molecule has 2 rings (SSSR count). The van der Waals surface area contributed by atoms with Gasteiger partial charge in [0.05, 0.1) is 17.9 Å². The summed E-state index contributed by atoms with van der Waals surface area (Å²) in [7, 11) is 0. The minimum absolute atomic E-state index is 0.0342. The maximum absolute atomic E-state index is 5.86. The lowest BCUT2D eigenvalue weighted by Gasteiger charge is -2.23. The molecule has 78 valence electrons. The van der Waals surface area contributed by atoms with E-state index in [4.69, 9.17) is 5.73 Å². The third kappa shape index (κ3) is 1.80. The summed E-state index contributed by atoms with van der Waals surface area (Å²) in [6, 6.07) is 0.569. The Morgan fingerprint density at radius 1 is 1.43 bits per heavy atom. The summed E-state index contributed by atoms with van der Waals surface area (Å²) in [6.45, 7) is 1.98. The van der Waals surface area contributed by atoms with Crippen molar-refractivity contribution in [2.45, 2.75) is 51.1 Å². The summed E-state index contributed by atoms with van der Waals surface area (Å²) in [5.74, 6) is 0. The van der Waals surface area contributed by atoms with Crippen molar-refractivity contribution >= 4 is 0 Å². The molecule has 1 aromatic rings. The van der Waals surface area contributed by atoms with E-state index < -0.39 is 0 Å². The van der Waals surface area contributed by atoms with Crippen molar-refractivity contribution in [3.63, 3.8) is 0 Å². The van der Waals surface area contributed by atoms with Gasteiger partial charge in [-0.25, -0.2) is 4.68 Å². The molecule has 0 aromatic carbocycles. The first-order chi connectivity index (χ1) is 6.79. The van der Waals surface area contributed by atoms with Crippen LogP contribution in [0.3, 0.4) is 0 Å². The Morgan fingerprint density at radius 3 is 2.79 bits per heavy atom. The van der Waals surface area contributed by atoms with Gasteiger partial charge in [-0.1, -0.05) is 24.5 Å². The molecular formula is C10H18N4. The maximum Gasteiger partial charge on any atom is 0.0754 e. The molecule has 2 N–H and O–H groups in total. The molecular weight excluding hydrogens is 176 g/mol. The van der Waals surface area contributed by atoms with E-state index in [1.165, 1.54) is 32.1 Å². The van der Waals surface area contributed by atoms with Crippen molar-refractivity contribution < 1.29 is 0 Å². The molecule has 0 bridgehead atoms. The lowest BCUT2D eigenvalue weighted by Crippen LogP contribution is -2.20. The number of hydrogen-bond acceptors (Lipinski definition) is 3. The van der Waals surface area contributed by atoms with E-state index in [0.29, 0.717) is 6.04 Å². The van der Waals surface area contributed by atoms with E-state index in [9.17, 15) is 0 Å². The molecule has 1 heterocycles. The molecule has 0 spiro atoms. The normalized spacial score (nSPS) is 21.0. The molecule has 1 atom stereocenters.